The van der Waals surface area contributed by atoms with Gasteiger partial charge in [0.05, 0.1) is 24.2 Å². The van der Waals surface area contributed by atoms with E-state index in [-0.39, 0.29) is 17.8 Å². The molecule has 3 rings (SSSR count). The molecule has 1 aromatic carbocycles. The molecule has 0 spiro atoms. The van der Waals surface area contributed by atoms with Crippen molar-refractivity contribution in [3.05, 3.63) is 30.0 Å². The largest absolute Gasteiger partial charge is 0.466 e. The fourth-order valence-corrected chi connectivity index (χ4v) is 2.87. The first kappa shape index (κ1) is 14.6. The zero-order valence-electron chi connectivity index (χ0n) is 12.5. The Labute approximate surface area is 128 Å². The Hall–Kier alpha value is -2.37. The van der Waals surface area contributed by atoms with E-state index in [2.05, 4.69) is 10.2 Å². The third-order valence-electron chi connectivity index (χ3n) is 4.02. The number of amides is 1. The molecule has 2 heterocycles. The monoisotopic (exact) mass is 301 g/mol. The van der Waals surface area contributed by atoms with Crippen LogP contribution >= 0.6 is 0 Å². The Bertz CT molecular complexity index is 695. The van der Waals surface area contributed by atoms with Gasteiger partial charge in [0, 0.05) is 24.0 Å². The number of H-pyrrole nitrogens is 1. The number of piperidine rings is 1. The summed E-state index contributed by atoms with van der Waals surface area (Å²) < 4.78 is 5.07. The van der Waals surface area contributed by atoms with Crippen molar-refractivity contribution in [2.75, 3.05) is 19.7 Å². The van der Waals surface area contributed by atoms with E-state index in [0.29, 0.717) is 25.3 Å². The minimum Gasteiger partial charge on any atom is -0.466 e. The van der Waals surface area contributed by atoms with E-state index in [4.69, 9.17) is 4.74 Å². The number of aromatic amines is 1. The summed E-state index contributed by atoms with van der Waals surface area (Å²) in [5.74, 6) is -0.469. The molecule has 0 aliphatic carbocycles. The lowest BCUT2D eigenvalue weighted by molar-refractivity contribution is -0.149. The Balaban J connectivity index is 1.74. The van der Waals surface area contributed by atoms with Crippen LogP contribution in [0.1, 0.15) is 30.1 Å². The van der Waals surface area contributed by atoms with Crippen LogP contribution in [0.5, 0.6) is 0 Å². The third-order valence-corrected chi connectivity index (χ3v) is 4.02. The minimum absolute atomic E-state index is 0.0505. The van der Waals surface area contributed by atoms with Gasteiger partial charge in [-0.05, 0) is 31.9 Å². The lowest BCUT2D eigenvalue weighted by atomic mass is 9.97. The summed E-state index contributed by atoms with van der Waals surface area (Å²) in [4.78, 5) is 26.2. The summed E-state index contributed by atoms with van der Waals surface area (Å²) >= 11 is 0. The molecule has 0 radical (unpaired) electrons. The van der Waals surface area contributed by atoms with Crippen LogP contribution in [0.3, 0.4) is 0 Å². The summed E-state index contributed by atoms with van der Waals surface area (Å²) in [7, 11) is 0. The van der Waals surface area contributed by atoms with Gasteiger partial charge in [-0.2, -0.15) is 5.10 Å². The Morgan fingerprint density at radius 3 is 3.14 bits per heavy atom. The molecule has 0 bridgehead atoms. The molecule has 1 saturated heterocycles. The number of nitrogens with zero attached hydrogens (tertiary/aromatic N) is 2. The zero-order chi connectivity index (χ0) is 15.5. The molecule has 116 valence electrons. The van der Waals surface area contributed by atoms with Gasteiger partial charge in [0.15, 0.2) is 0 Å². The predicted molar refractivity (Wildman–Crippen MR) is 81.4 cm³/mol. The van der Waals surface area contributed by atoms with Crippen molar-refractivity contribution < 1.29 is 14.3 Å². The number of hydrogen-bond acceptors (Lipinski definition) is 4. The molecule has 2 aromatic rings. The Kier molecular flexibility index (Phi) is 4.09. The molecule has 0 saturated carbocycles. The maximum absolute atomic E-state index is 12.6. The second-order valence-corrected chi connectivity index (χ2v) is 5.51. The van der Waals surface area contributed by atoms with Crippen molar-refractivity contribution in [3.63, 3.8) is 0 Å². The van der Waals surface area contributed by atoms with E-state index >= 15 is 0 Å². The smallest absolute Gasteiger partial charge is 0.310 e. The first-order chi connectivity index (χ1) is 10.7. The molecular weight excluding hydrogens is 282 g/mol. The van der Waals surface area contributed by atoms with E-state index in [1.807, 2.05) is 6.07 Å². The Morgan fingerprint density at radius 1 is 1.45 bits per heavy atom. The molecule has 1 atom stereocenters. The number of hydrogen-bond donors (Lipinski definition) is 1. The second kappa shape index (κ2) is 6.17. The van der Waals surface area contributed by atoms with Crippen LogP contribution in [0.2, 0.25) is 0 Å². The van der Waals surface area contributed by atoms with Crippen molar-refractivity contribution in [1.82, 2.24) is 15.1 Å². The maximum Gasteiger partial charge on any atom is 0.310 e. The van der Waals surface area contributed by atoms with Gasteiger partial charge in [-0.15, -0.1) is 0 Å². The fraction of sp³-hybridized carbons (Fsp3) is 0.438. The van der Waals surface area contributed by atoms with Gasteiger partial charge in [0.25, 0.3) is 5.91 Å². The summed E-state index contributed by atoms with van der Waals surface area (Å²) in [5, 5.41) is 7.80. The van der Waals surface area contributed by atoms with Crippen molar-refractivity contribution in [3.8, 4) is 0 Å². The van der Waals surface area contributed by atoms with Crippen LogP contribution in [0.25, 0.3) is 10.9 Å². The number of fused-ring (bicyclic) bond motifs is 1. The molecule has 1 amide bonds. The molecule has 6 heteroatoms. The van der Waals surface area contributed by atoms with Gasteiger partial charge in [-0.3, -0.25) is 14.7 Å². The summed E-state index contributed by atoms with van der Waals surface area (Å²) in [6, 6.07) is 5.48. The van der Waals surface area contributed by atoms with E-state index in [9.17, 15) is 9.59 Å². The van der Waals surface area contributed by atoms with Crippen LogP contribution in [-0.4, -0.2) is 46.7 Å². The third kappa shape index (κ3) is 2.81. The number of aromatic nitrogens is 2. The highest BCUT2D eigenvalue weighted by Gasteiger charge is 2.29. The quantitative estimate of drug-likeness (QED) is 0.880. The molecule has 1 aromatic heterocycles. The topological polar surface area (TPSA) is 75.3 Å². The number of likely N-dealkylation sites (tertiary alicyclic amines) is 1. The average Bonchev–Trinajstić information content (AvgIpc) is 3.02. The van der Waals surface area contributed by atoms with Crippen LogP contribution in [0.4, 0.5) is 0 Å². The fourth-order valence-electron chi connectivity index (χ4n) is 2.87. The van der Waals surface area contributed by atoms with Gasteiger partial charge in [-0.1, -0.05) is 6.07 Å². The highest BCUT2D eigenvalue weighted by Crippen LogP contribution is 2.21. The van der Waals surface area contributed by atoms with E-state index < -0.39 is 0 Å². The first-order valence-electron chi connectivity index (χ1n) is 7.58. The second-order valence-electron chi connectivity index (χ2n) is 5.51. The number of ether oxygens (including phenoxy) is 1. The van der Waals surface area contributed by atoms with Crippen molar-refractivity contribution in [2.24, 2.45) is 5.92 Å². The molecular formula is C16H19N3O3. The number of benzene rings is 1. The van der Waals surface area contributed by atoms with E-state index in [0.717, 1.165) is 23.7 Å². The normalized spacial score (nSPS) is 18.4. The van der Waals surface area contributed by atoms with Crippen LogP contribution < -0.4 is 0 Å². The van der Waals surface area contributed by atoms with Gasteiger partial charge >= 0.3 is 5.97 Å². The number of carbonyl (C=O) groups excluding carboxylic acids is 2. The lowest BCUT2D eigenvalue weighted by Gasteiger charge is -2.31. The number of rotatable bonds is 3. The van der Waals surface area contributed by atoms with Gasteiger partial charge in [0.2, 0.25) is 0 Å². The van der Waals surface area contributed by atoms with E-state index in [1.165, 1.54) is 0 Å². The molecule has 22 heavy (non-hydrogen) atoms. The van der Waals surface area contributed by atoms with Gasteiger partial charge < -0.3 is 9.64 Å². The highest BCUT2D eigenvalue weighted by atomic mass is 16.5. The van der Waals surface area contributed by atoms with Crippen molar-refractivity contribution >= 4 is 22.8 Å². The first-order valence-corrected chi connectivity index (χ1v) is 7.58. The molecule has 6 nitrogen and oxygen atoms in total. The number of carbonyl (C=O) groups is 2. The lowest BCUT2D eigenvalue weighted by Crippen LogP contribution is -2.42. The SMILES string of the molecule is CCOC(=O)[C@H]1CCCN(C(=O)c2ccc3cn[nH]c3c2)C1. The van der Waals surface area contributed by atoms with E-state index in [1.54, 1.807) is 30.2 Å². The number of esters is 1. The standard InChI is InChI=1S/C16H19N3O3/c1-2-22-16(21)13-4-3-7-19(10-13)15(20)11-5-6-12-9-17-18-14(12)8-11/h5-6,8-9,13H,2-4,7,10H2,1H3,(H,17,18)/t13-/m0/s1. The minimum atomic E-state index is -0.214. The zero-order valence-corrected chi connectivity index (χ0v) is 12.5. The molecule has 0 unspecified atom stereocenters. The molecule has 1 N–H and O–H groups in total. The summed E-state index contributed by atoms with van der Waals surface area (Å²) in [6.07, 6.45) is 3.32. The van der Waals surface area contributed by atoms with Gasteiger partial charge in [-0.25, -0.2) is 0 Å². The summed E-state index contributed by atoms with van der Waals surface area (Å²) in [5.41, 5.74) is 1.45. The molecule has 1 aliphatic heterocycles. The summed E-state index contributed by atoms with van der Waals surface area (Å²) in [6.45, 7) is 3.28. The predicted octanol–water partition coefficient (Wildman–Crippen LogP) is 1.98. The van der Waals surface area contributed by atoms with Crippen molar-refractivity contribution in [2.45, 2.75) is 19.8 Å². The van der Waals surface area contributed by atoms with Crippen molar-refractivity contribution in [1.29, 1.82) is 0 Å². The molecule has 1 fully saturated rings. The molecule has 1 aliphatic rings. The number of nitrogens with one attached hydrogen (secondary N) is 1. The van der Waals surface area contributed by atoms with Gasteiger partial charge in [0.1, 0.15) is 0 Å². The van der Waals surface area contributed by atoms with Crippen LogP contribution in [0.15, 0.2) is 24.4 Å². The van der Waals surface area contributed by atoms with Crippen LogP contribution in [0, 0.1) is 5.92 Å². The highest BCUT2D eigenvalue weighted by molar-refractivity contribution is 5.98. The Morgan fingerprint density at radius 2 is 2.32 bits per heavy atom. The maximum atomic E-state index is 12.6. The van der Waals surface area contributed by atoms with Crippen LogP contribution in [-0.2, 0) is 9.53 Å². The average molecular weight is 301 g/mol.